The molecule has 2 aromatic rings. The van der Waals surface area contributed by atoms with Crippen LogP contribution in [0.5, 0.6) is 0 Å². The third-order valence-electron chi connectivity index (χ3n) is 4.71. The molecule has 0 aliphatic carbocycles. The van der Waals surface area contributed by atoms with Crippen LogP contribution in [0.4, 0.5) is 0 Å². The molecular formula is C20H22Cl2N3O+. The van der Waals surface area contributed by atoms with Crippen molar-refractivity contribution < 1.29 is 9.69 Å². The molecule has 0 bridgehead atoms. The van der Waals surface area contributed by atoms with Crippen LogP contribution in [0.15, 0.2) is 53.6 Å². The standard InChI is InChI=1S/C20H21Cl2N3O/c21-18-7-5-15(6-8-18)14-25-11-9-16(10-12-25)20(26)24-23-13-17-3-1-2-4-19(17)22/h1-8,13,16H,9-12,14H2,(H,24,26)/p+1/b23-13-. The van der Waals surface area contributed by atoms with E-state index in [0.717, 1.165) is 43.1 Å². The van der Waals surface area contributed by atoms with E-state index in [-0.39, 0.29) is 11.8 Å². The summed E-state index contributed by atoms with van der Waals surface area (Å²) in [4.78, 5) is 13.8. The number of amides is 1. The number of carbonyl (C=O) groups excluding carboxylic acids is 1. The Hall–Kier alpha value is -1.88. The first-order chi connectivity index (χ1) is 12.6. The van der Waals surface area contributed by atoms with Gasteiger partial charge in [0.1, 0.15) is 6.54 Å². The summed E-state index contributed by atoms with van der Waals surface area (Å²) < 4.78 is 0. The Morgan fingerprint density at radius 3 is 2.50 bits per heavy atom. The molecule has 1 fully saturated rings. The second kappa shape index (κ2) is 9.17. The molecular weight excluding hydrogens is 369 g/mol. The SMILES string of the molecule is O=C(N/N=C\c1ccccc1Cl)C1CC[NH+](Cc2ccc(Cl)cc2)CC1. The molecule has 0 spiro atoms. The Labute approximate surface area is 163 Å². The highest BCUT2D eigenvalue weighted by atomic mass is 35.5. The predicted octanol–water partition coefficient (Wildman–Crippen LogP) is 2.94. The van der Waals surface area contributed by atoms with Crippen molar-refractivity contribution in [1.82, 2.24) is 5.43 Å². The molecule has 1 saturated heterocycles. The lowest BCUT2D eigenvalue weighted by molar-refractivity contribution is -0.919. The van der Waals surface area contributed by atoms with E-state index < -0.39 is 0 Å². The Morgan fingerprint density at radius 1 is 1.12 bits per heavy atom. The van der Waals surface area contributed by atoms with Crippen molar-refractivity contribution in [2.24, 2.45) is 11.0 Å². The quantitative estimate of drug-likeness (QED) is 0.598. The van der Waals surface area contributed by atoms with Gasteiger partial charge < -0.3 is 4.90 Å². The molecule has 0 atom stereocenters. The summed E-state index contributed by atoms with van der Waals surface area (Å²) in [7, 11) is 0. The van der Waals surface area contributed by atoms with Gasteiger partial charge in [0, 0.05) is 34.0 Å². The van der Waals surface area contributed by atoms with E-state index in [4.69, 9.17) is 23.2 Å². The lowest BCUT2D eigenvalue weighted by Gasteiger charge is -2.28. The van der Waals surface area contributed by atoms with Crippen LogP contribution in [0, 0.1) is 5.92 Å². The van der Waals surface area contributed by atoms with Gasteiger partial charge in [-0.15, -0.1) is 0 Å². The maximum Gasteiger partial charge on any atom is 0.243 e. The summed E-state index contributed by atoms with van der Waals surface area (Å²) >= 11 is 12.0. The highest BCUT2D eigenvalue weighted by Crippen LogP contribution is 2.13. The highest BCUT2D eigenvalue weighted by Gasteiger charge is 2.27. The van der Waals surface area contributed by atoms with Crippen molar-refractivity contribution in [2.75, 3.05) is 13.1 Å². The van der Waals surface area contributed by atoms with Crippen LogP contribution >= 0.6 is 23.2 Å². The third-order valence-corrected chi connectivity index (χ3v) is 5.31. The molecule has 0 radical (unpaired) electrons. The number of hydrazone groups is 1. The lowest BCUT2D eigenvalue weighted by Crippen LogP contribution is -3.11. The summed E-state index contributed by atoms with van der Waals surface area (Å²) in [5.41, 5.74) is 4.71. The fourth-order valence-electron chi connectivity index (χ4n) is 3.19. The fraction of sp³-hybridized carbons (Fsp3) is 0.300. The number of hydrogen-bond donors (Lipinski definition) is 2. The maximum atomic E-state index is 12.3. The van der Waals surface area contributed by atoms with Crippen LogP contribution < -0.4 is 10.3 Å². The van der Waals surface area contributed by atoms with E-state index in [0.29, 0.717) is 5.02 Å². The van der Waals surface area contributed by atoms with E-state index in [9.17, 15) is 4.79 Å². The molecule has 2 N–H and O–H groups in total. The van der Waals surface area contributed by atoms with Gasteiger partial charge in [-0.3, -0.25) is 4.79 Å². The van der Waals surface area contributed by atoms with Crippen LogP contribution in [0.1, 0.15) is 24.0 Å². The van der Waals surface area contributed by atoms with Gasteiger partial charge in [0.2, 0.25) is 5.91 Å². The topological polar surface area (TPSA) is 45.9 Å². The van der Waals surface area contributed by atoms with Crippen LogP contribution in [-0.2, 0) is 11.3 Å². The van der Waals surface area contributed by atoms with Crippen molar-refractivity contribution in [3.63, 3.8) is 0 Å². The summed E-state index contributed by atoms with van der Waals surface area (Å²) in [6.45, 7) is 2.93. The summed E-state index contributed by atoms with van der Waals surface area (Å²) in [5, 5.41) is 5.42. The predicted molar refractivity (Wildman–Crippen MR) is 106 cm³/mol. The minimum absolute atomic E-state index is 0.0150. The number of rotatable bonds is 5. The van der Waals surface area contributed by atoms with Crippen molar-refractivity contribution in [2.45, 2.75) is 19.4 Å². The zero-order valence-electron chi connectivity index (χ0n) is 14.4. The van der Waals surface area contributed by atoms with Crippen LogP contribution in [0.3, 0.4) is 0 Å². The second-order valence-corrected chi connectivity index (χ2v) is 7.43. The zero-order valence-corrected chi connectivity index (χ0v) is 15.9. The molecule has 136 valence electrons. The number of benzene rings is 2. The molecule has 1 aliphatic heterocycles. The number of carbonyl (C=O) groups is 1. The summed E-state index contributed by atoms with van der Waals surface area (Å²) in [6.07, 6.45) is 3.33. The number of hydrogen-bond acceptors (Lipinski definition) is 2. The minimum atomic E-state index is -0.0150. The number of nitrogens with zero attached hydrogens (tertiary/aromatic N) is 1. The smallest absolute Gasteiger partial charge is 0.243 e. The Morgan fingerprint density at radius 2 is 1.81 bits per heavy atom. The van der Waals surface area contributed by atoms with E-state index >= 15 is 0 Å². The fourth-order valence-corrected chi connectivity index (χ4v) is 3.50. The summed E-state index contributed by atoms with van der Waals surface area (Å²) in [6, 6.07) is 15.4. The molecule has 1 amide bonds. The summed E-state index contributed by atoms with van der Waals surface area (Å²) in [5.74, 6) is 0.00575. The third kappa shape index (κ3) is 5.31. The van der Waals surface area contributed by atoms with E-state index in [1.54, 1.807) is 12.3 Å². The number of piperidine rings is 1. The van der Waals surface area contributed by atoms with Gasteiger partial charge in [0.25, 0.3) is 0 Å². The Balaban J connectivity index is 1.44. The molecule has 0 unspecified atom stereocenters. The largest absolute Gasteiger partial charge is 0.331 e. The van der Waals surface area contributed by atoms with Crippen LogP contribution in [-0.4, -0.2) is 25.2 Å². The van der Waals surface area contributed by atoms with Crippen LogP contribution in [0.25, 0.3) is 0 Å². The minimum Gasteiger partial charge on any atom is -0.331 e. The van der Waals surface area contributed by atoms with Crippen molar-refractivity contribution in [3.8, 4) is 0 Å². The van der Waals surface area contributed by atoms with Crippen molar-refractivity contribution >= 4 is 35.3 Å². The van der Waals surface area contributed by atoms with Gasteiger partial charge in [-0.25, -0.2) is 5.43 Å². The first-order valence-electron chi connectivity index (χ1n) is 8.77. The van der Waals surface area contributed by atoms with E-state index in [2.05, 4.69) is 22.7 Å². The zero-order chi connectivity index (χ0) is 18.4. The first-order valence-corrected chi connectivity index (χ1v) is 9.53. The maximum absolute atomic E-state index is 12.3. The molecule has 2 aromatic carbocycles. The first kappa shape index (κ1) is 18.9. The van der Waals surface area contributed by atoms with Crippen molar-refractivity contribution in [1.29, 1.82) is 0 Å². The molecule has 26 heavy (non-hydrogen) atoms. The number of likely N-dealkylation sites (tertiary alicyclic amines) is 1. The van der Waals surface area contributed by atoms with Gasteiger partial charge in [-0.2, -0.15) is 5.10 Å². The van der Waals surface area contributed by atoms with Gasteiger partial charge in [0.15, 0.2) is 0 Å². The molecule has 1 heterocycles. The molecule has 4 nitrogen and oxygen atoms in total. The molecule has 6 heteroatoms. The van der Waals surface area contributed by atoms with Crippen LogP contribution in [0.2, 0.25) is 10.0 Å². The van der Waals surface area contributed by atoms with Crippen molar-refractivity contribution in [3.05, 3.63) is 69.7 Å². The second-order valence-electron chi connectivity index (χ2n) is 6.58. The number of halogens is 2. The molecule has 1 aliphatic rings. The molecule has 0 aromatic heterocycles. The van der Waals surface area contributed by atoms with Gasteiger partial charge >= 0.3 is 0 Å². The monoisotopic (exact) mass is 390 g/mol. The Kier molecular flexibility index (Phi) is 6.67. The number of nitrogens with one attached hydrogen (secondary N) is 2. The lowest BCUT2D eigenvalue weighted by atomic mass is 9.96. The average Bonchev–Trinajstić information content (AvgIpc) is 2.66. The van der Waals surface area contributed by atoms with E-state index in [1.807, 2.05) is 30.3 Å². The highest BCUT2D eigenvalue weighted by molar-refractivity contribution is 6.33. The average molecular weight is 391 g/mol. The van der Waals surface area contributed by atoms with Gasteiger partial charge in [-0.05, 0) is 18.2 Å². The molecule has 3 rings (SSSR count). The normalized spacial score (nSPS) is 20.2. The number of quaternary nitrogens is 1. The van der Waals surface area contributed by atoms with E-state index in [1.165, 1.54) is 10.5 Å². The molecule has 0 saturated carbocycles. The van der Waals surface area contributed by atoms with Gasteiger partial charge in [-0.1, -0.05) is 53.5 Å². The van der Waals surface area contributed by atoms with Gasteiger partial charge in [0.05, 0.1) is 25.2 Å². The Bertz CT molecular complexity index is 769.